The highest BCUT2D eigenvalue weighted by Crippen LogP contribution is 2.23. The second-order valence-corrected chi connectivity index (χ2v) is 3.38. The van der Waals surface area contributed by atoms with Gasteiger partial charge in [-0.2, -0.15) is 8.78 Å². The average Bonchev–Trinajstić information content (AvgIpc) is 2.13. The Morgan fingerprint density at radius 3 is 2.38 bits per heavy atom. The van der Waals surface area contributed by atoms with E-state index >= 15 is 0 Å². The van der Waals surface area contributed by atoms with E-state index in [2.05, 4.69) is 0 Å². The molecule has 1 aromatic rings. The monoisotopic (exact) mass is 236 g/mol. The Hall–Kier alpha value is -1.59. The standard InChI is InChI=1S/C10H8F4O2/c1-5-2-8(12)6(3-7(5)11)4-10(13,14)9(15)16/h2-3H,4H2,1H3,(H,15,16). The first-order valence-corrected chi connectivity index (χ1v) is 4.30. The molecule has 0 aliphatic carbocycles. The zero-order valence-corrected chi connectivity index (χ0v) is 8.23. The van der Waals surface area contributed by atoms with Crippen LogP contribution < -0.4 is 0 Å². The van der Waals surface area contributed by atoms with E-state index in [1.54, 1.807) is 0 Å². The second kappa shape index (κ2) is 4.11. The number of alkyl halides is 2. The second-order valence-electron chi connectivity index (χ2n) is 3.38. The molecule has 2 nitrogen and oxygen atoms in total. The maximum Gasteiger partial charge on any atom is 0.374 e. The van der Waals surface area contributed by atoms with Gasteiger partial charge >= 0.3 is 11.9 Å². The van der Waals surface area contributed by atoms with Crippen LogP contribution in [0.1, 0.15) is 11.1 Å². The lowest BCUT2D eigenvalue weighted by molar-refractivity contribution is -0.164. The van der Waals surface area contributed by atoms with Gasteiger partial charge in [0.1, 0.15) is 11.6 Å². The summed E-state index contributed by atoms with van der Waals surface area (Å²) in [5.41, 5.74) is -0.685. The van der Waals surface area contributed by atoms with Gasteiger partial charge in [0.05, 0.1) is 6.42 Å². The lowest BCUT2D eigenvalue weighted by atomic mass is 10.0. The van der Waals surface area contributed by atoms with Crippen LogP contribution in [0.15, 0.2) is 12.1 Å². The van der Waals surface area contributed by atoms with Crippen molar-refractivity contribution in [2.45, 2.75) is 19.3 Å². The first kappa shape index (κ1) is 12.5. The predicted octanol–water partition coefficient (Wildman–Crippen LogP) is 2.54. The number of aliphatic carboxylic acids is 1. The lowest BCUT2D eigenvalue weighted by Crippen LogP contribution is -2.31. The molecule has 0 aliphatic rings. The molecule has 16 heavy (non-hydrogen) atoms. The summed E-state index contributed by atoms with van der Waals surface area (Å²) in [6.45, 7) is 1.28. The molecule has 0 fully saturated rings. The Labute approximate surface area is 88.5 Å². The van der Waals surface area contributed by atoms with Crippen molar-refractivity contribution >= 4 is 5.97 Å². The summed E-state index contributed by atoms with van der Waals surface area (Å²) in [6, 6.07) is 1.34. The highest BCUT2D eigenvalue weighted by molar-refractivity contribution is 5.75. The van der Waals surface area contributed by atoms with Crippen molar-refractivity contribution in [2.75, 3.05) is 0 Å². The zero-order valence-electron chi connectivity index (χ0n) is 8.23. The molecule has 6 heteroatoms. The fraction of sp³-hybridized carbons (Fsp3) is 0.300. The smallest absolute Gasteiger partial charge is 0.374 e. The third kappa shape index (κ3) is 2.50. The van der Waals surface area contributed by atoms with Crippen LogP contribution in [0.2, 0.25) is 0 Å². The van der Waals surface area contributed by atoms with Gasteiger partial charge in [-0.1, -0.05) is 0 Å². The Morgan fingerprint density at radius 2 is 1.88 bits per heavy atom. The topological polar surface area (TPSA) is 37.3 Å². The summed E-state index contributed by atoms with van der Waals surface area (Å²) in [5.74, 6) is -8.37. The Bertz CT molecular complexity index is 429. The molecule has 0 aromatic heterocycles. The molecule has 0 saturated carbocycles. The van der Waals surface area contributed by atoms with Crippen LogP contribution in [0, 0.1) is 18.6 Å². The lowest BCUT2D eigenvalue weighted by Gasteiger charge is -2.12. The van der Waals surface area contributed by atoms with E-state index in [-0.39, 0.29) is 5.56 Å². The molecule has 0 saturated heterocycles. The van der Waals surface area contributed by atoms with Gasteiger partial charge in [0.25, 0.3) is 0 Å². The minimum atomic E-state index is -4.11. The molecule has 0 atom stereocenters. The third-order valence-electron chi connectivity index (χ3n) is 2.05. The third-order valence-corrected chi connectivity index (χ3v) is 2.05. The van der Waals surface area contributed by atoms with Crippen molar-refractivity contribution in [1.82, 2.24) is 0 Å². The Morgan fingerprint density at radius 1 is 1.31 bits per heavy atom. The van der Waals surface area contributed by atoms with Crippen LogP contribution in [0.3, 0.4) is 0 Å². The van der Waals surface area contributed by atoms with Crippen LogP contribution in [0.25, 0.3) is 0 Å². The summed E-state index contributed by atoms with van der Waals surface area (Å²) in [4.78, 5) is 10.1. The van der Waals surface area contributed by atoms with Gasteiger partial charge in [0.15, 0.2) is 0 Å². The van der Waals surface area contributed by atoms with Crippen LogP contribution in [0.5, 0.6) is 0 Å². The molecule has 1 aromatic carbocycles. The largest absolute Gasteiger partial charge is 0.477 e. The molecule has 0 spiro atoms. The average molecular weight is 236 g/mol. The molecule has 1 rings (SSSR count). The van der Waals surface area contributed by atoms with Gasteiger partial charge in [-0.3, -0.25) is 0 Å². The molecule has 0 bridgehead atoms. The molecular formula is C10H8F4O2. The minimum absolute atomic E-state index is 0.0279. The maximum atomic E-state index is 13.1. The van der Waals surface area contributed by atoms with Crippen LogP contribution in [-0.4, -0.2) is 17.0 Å². The predicted molar refractivity (Wildman–Crippen MR) is 47.4 cm³/mol. The summed E-state index contributed by atoms with van der Waals surface area (Å²) < 4.78 is 51.6. The van der Waals surface area contributed by atoms with Crippen molar-refractivity contribution in [3.8, 4) is 0 Å². The number of halogens is 4. The van der Waals surface area contributed by atoms with Crippen molar-refractivity contribution in [3.63, 3.8) is 0 Å². The van der Waals surface area contributed by atoms with E-state index in [1.165, 1.54) is 6.92 Å². The SMILES string of the molecule is Cc1cc(F)c(CC(F)(F)C(=O)O)cc1F. The maximum absolute atomic E-state index is 13.1. The van der Waals surface area contributed by atoms with Gasteiger partial charge in [-0.05, 0) is 30.2 Å². The number of carbonyl (C=O) groups is 1. The van der Waals surface area contributed by atoms with Gasteiger partial charge in [-0.25, -0.2) is 13.6 Å². The number of carboxylic acid groups (broad SMARTS) is 1. The quantitative estimate of drug-likeness (QED) is 0.819. The molecule has 0 aliphatic heterocycles. The van der Waals surface area contributed by atoms with Crippen LogP contribution in [-0.2, 0) is 11.2 Å². The number of hydrogen-bond donors (Lipinski definition) is 1. The van der Waals surface area contributed by atoms with E-state index < -0.39 is 35.5 Å². The highest BCUT2D eigenvalue weighted by atomic mass is 19.3. The summed E-state index contributed by atoms with van der Waals surface area (Å²) in [7, 11) is 0. The summed E-state index contributed by atoms with van der Waals surface area (Å²) in [5, 5.41) is 8.15. The van der Waals surface area contributed by atoms with E-state index in [1.807, 2.05) is 0 Å². The van der Waals surface area contributed by atoms with Gasteiger partial charge in [-0.15, -0.1) is 0 Å². The summed E-state index contributed by atoms with van der Waals surface area (Å²) >= 11 is 0. The van der Waals surface area contributed by atoms with E-state index in [0.29, 0.717) is 6.07 Å². The zero-order chi connectivity index (χ0) is 12.5. The number of benzene rings is 1. The van der Waals surface area contributed by atoms with Crippen molar-refractivity contribution in [3.05, 3.63) is 34.9 Å². The molecule has 0 unspecified atom stereocenters. The van der Waals surface area contributed by atoms with Gasteiger partial charge < -0.3 is 5.11 Å². The Kier molecular flexibility index (Phi) is 3.21. The molecule has 0 radical (unpaired) electrons. The number of carboxylic acids is 1. The number of rotatable bonds is 3. The molecule has 0 amide bonds. The number of hydrogen-bond acceptors (Lipinski definition) is 1. The van der Waals surface area contributed by atoms with Crippen LogP contribution in [0.4, 0.5) is 17.6 Å². The molecule has 1 N–H and O–H groups in total. The normalized spacial score (nSPS) is 11.6. The first-order chi connectivity index (χ1) is 7.24. The fourth-order valence-electron chi connectivity index (χ4n) is 1.14. The van der Waals surface area contributed by atoms with Gasteiger partial charge in [0, 0.05) is 0 Å². The Balaban J connectivity index is 3.07. The molecule has 0 heterocycles. The minimum Gasteiger partial charge on any atom is -0.477 e. The van der Waals surface area contributed by atoms with Crippen molar-refractivity contribution in [1.29, 1.82) is 0 Å². The van der Waals surface area contributed by atoms with Crippen molar-refractivity contribution in [2.24, 2.45) is 0 Å². The van der Waals surface area contributed by atoms with E-state index in [0.717, 1.165) is 6.07 Å². The van der Waals surface area contributed by atoms with E-state index in [4.69, 9.17) is 5.11 Å². The van der Waals surface area contributed by atoms with Crippen molar-refractivity contribution < 1.29 is 27.5 Å². The summed E-state index contributed by atoms with van der Waals surface area (Å²) in [6.07, 6.45) is -1.37. The first-order valence-electron chi connectivity index (χ1n) is 4.30. The molecular weight excluding hydrogens is 228 g/mol. The molecule has 88 valence electrons. The van der Waals surface area contributed by atoms with Gasteiger partial charge in [0.2, 0.25) is 0 Å². The highest BCUT2D eigenvalue weighted by Gasteiger charge is 2.39. The van der Waals surface area contributed by atoms with Crippen LogP contribution >= 0.6 is 0 Å². The van der Waals surface area contributed by atoms with E-state index in [9.17, 15) is 22.4 Å². The fourth-order valence-corrected chi connectivity index (χ4v) is 1.14. The number of aryl methyl sites for hydroxylation is 1.